The van der Waals surface area contributed by atoms with E-state index in [1.54, 1.807) is 20.3 Å². The molecule has 1 aliphatic heterocycles. The van der Waals surface area contributed by atoms with E-state index in [1.165, 1.54) is 0 Å². The van der Waals surface area contributed by atoms with Crippen molar-refractivity contribution in [2.24, 2.45) is 0 Å². The van der Waals surface area contributed by atoms with Crippen LogP contribution in [0.25, 0.3) is 0 Å². The Balaban J connectivity index is 1.70. The Morgan fingerprint density at radius 1 is 0.931 bits per heavy atom. The molecule has 4 rings (SSSR count). The van der Waals surface area contributed by atoms with Gasteiger partial charge in [-0.1, -0.05) is 29.8 Å². The van der Waals surface area contributed by atoms with Crippen molar-refractivity contribution in [2.75, 3.05) is 14.2 Å². The predicted molar refractivity (Wildman–Crippen MR) is 111 cm³/mol. The van der Waals surface area contributed by atoms with Crippen molar-refractivity contribution in [3.05, 3.63) is 69.9 Å². The molecule has 0 spiro atoms. The number of rotatable bonds is 4. The summed E-state index contributed by atoms with van der Waals surface area (Å²) in [5, 5.41) is 3.54. The van der Waals surface area contributed by atoms with Crippen LogP contribution in [0.15, 0.2) is 53.7 Å². The summed E-state index contributed by atoms with van der Waals surface area (Å²) in [6.45, 7) is 0. The van der Waals surface area contributed by atoms with Crippen molar-refractivity contribution < 1.29 is 19.1 Å². The van der Waals surface area contributed by atoms with Crippen molar-refractivity contribution in [3.63, 3.8) is 0 Å². The number of carbonyl (C=O) groups excluding carboxylic acids is 2. The van der Waals surface area contributed by atoms with E-state index in [0.717, 1.165) is 16.8 Å². The molecular weight excluding hydrogens is 390 g/mol. The molecule has 1 amide bonds. The zero-order chi connectivity index (χ0) is 20.5. The Labute approximate surface area is 174 Å². The molecule has 2 atom stereocenters. The van der Waals surface area contributed by atoms with Gasteiger partial charge in [-0.2, -0.15) is 0 Å². The van der Waals surface area contributed by atoms with Gasteiger partial charge < -0.3 is 14.8 Å². The number of carbonyl (C=O) groups is 2. The molecule has 29 heavy (non-hydrogen) atoms. The molecule has 0 radical (unpaired) electrons. The lowest BCUT2D eigenvalue weighted by molar-refractivity contribution is -0.122. The van der Waals surface area contributed by atoms with E-state index in [4.69, 9.17) is 21.1 Å². The quantitative estimate of drug-likeness (QED) is 0.811. The average Bonchev–Trinajstić information content (AvgIpc) is 2.72. The molecule has 0 saturated heterocycles. The van der Waals surface area contributed by atoms with Crippen LogP contribution in [0.5, 0.6) is 11.5 Å². The number of Topliss-reactive ketones (excluding diaryl/α,β-unsaturated/α-hetero) is 1. The summed E-state index contributed by atoms with van der Waals surface area (Å²) in [6.07, 6.45) is 1.24. The van der Waals surface area contributed by atoms with Gasteiger partial charge in [0.15, 0.2) is 17.3 Å². The van der Waals surface area contributed by atoms with Crippen molar-refractivity contribution in [1.82, 2.24) is 5.32 Å². The maximum atomic E-state index is 13.2. The Hall–Kier alpha value is -2.79. The van der Waals surface area contributed by atoms with Gasteiger partial charge in [0.25, 0.3) is 0 Å². The summed E-state index contributed by atoms with van der Waals surface area (Å²) in [5.74, 6) is 0.980. The molecule has 1 aliphatic carbocycles. The third kappa shape index (κ3) is 3.75. The van der Waals surface area contributed by atoms with Crippen molar-refractivity contribution in [2.45, 2.75) is 31.1 Å². The van der Waals surface area contributed by atoms with Crippen molar-refractivity contribution >= 4 is 23.3 Å². The van der Waals surface area contributed by atoms with Crippen LogP contribution < -0.4 is 14.8 Å². The van der Waals surface area contributed by atoms with E-state index < -0.39 is 0 Å². The van der Waals surface area contributed by atoms with Crippen LogP contribution in [0.2, 0.25) is 5.02 Å². The Kier molecular flexibility index (Phi) is 5.33. The van der Waals surface area contributed by atoms with E-state index in [1.807, 2.05) is 36.4 Å². The first-order valence-corrected chi connectivity index (χ1v) is 9.91. The van der Waals surface area contributed by atoms with Gasteiger partial charge >= 0.3 is 0 Å². The van der Waals surface area contributed by atoms with Crippen LogP contribution in [0, 0.1) is 0 Å². The molecule has 0 saturated carbocycles. The zero-order valence-corrected chi connectivity index (χ0v) is 17.1. The zero-order valence-electron chi connectivity index (χ0n) is 16.3. The summed E-state index contributed by atoms with van der Waals surface area (Å²) in [5.41, 5.74) is 3.32. The van der Waals surface area contributed by atoms with Gasteiger partial charge in [-0.3, -0.25) is 9.59 Å². The minimum Gasteiger partial charge on any atom is -0.493 e. The summed E-state index contributed by atoms with van der Waals surface area (Å²) in [7, 11) is 3.18. The summed E-state index contributed by atoms with van der Waals surface area (Å²) in [4.78, 5) is 25.6. The molecule has 2 aromatic carbocycles. The summed E-state index contributed by atoms with van der Waals surface area (Å²) >= 11 is 6.14. The molecule has 150 valence electrons. The van der Waals surface area contributed by atoms with E-state index in [2.05, 4.69) is 5.32 Å². The first-order valence-electron chi connectivity index (χ1n) is 9.53. The highest BCUT2D eigenvalue weighted by atomic mass is 35.5. The first-order chi connectivity index (χ1) is 14.0. The molecule has 0 fully saturated rings. The molecule has 5 nitrogen and oxygen atoms in total. The molecular formula is C23H22ClNO4. The maximum absolute atomic E-state index is 13.2. The smallest absolute Gasteiger partial charge is 0.225 e. The van der Waals surface area contributed by atoms with Gasteiger partial charge in [0.05, 0.1) is 14.2 Å². The summed E-state index contributed by atoms with van der Waals surface area (Å²) < 4.78 is 10.7. The Bertz CT molecular complexity index is 1010. The highest BCUT2D eigenvalue weighted by molar-refractivity contribution is 6.30. The minimum atomic E-state index is -0.253. The van der Waals surface area contributed by atoms with E-state index >= 15 is 0 Å². The van der Waals surface area contributed by atoms with Crippen LogP contribution in [-0.2, 0) is 9.59 Å². The standard InChI is InChI=1S/C23H22ClNO4/c1-28-20-7-6-13(11-21(20)29-2)15-9-18-23(19(26)10-15)17(12-22(27)25-18)14-4-3-5-16(24)8-14/h3-8,11,15,17H,9-10,12H2,1-2H3,(H,25,27)/t15-,17+/m1/s1. The number of hydrogen-bond donors (Lipinski definition) is 1. The molecule has 0 unspecified atom stereocenters. The highest BCUT2D eigenvalue weighted by Gasteiger charge is 2.38. The van der Waals surface area contributed by atoms with Gasteiger partial charge in [-0.25, -0.2) is 0 Å². The van der Waals surface area contributed by atoms with Gasteiger partial charge in [0.1, 0.15) is 0 Å². The van der Waals surface area contributed by atoms with Crippen LogP contribution >= 0.6 is 11.6 Å². The minimum absolute atomic E-state index is 0.0283. The van der Waals surface area contributed by atoms with Gasteiger partial charge in [0, 0.05) is 35.1 Å². The normalized spacial score (nSPS) is 21.5. The number of halogens is 1. The van der Waals surface area contributed by atoms with E-state index in [0.29, 0.717) is 34.9 Å². The fraction of sp³-hybridized carbons (Fsp3) is 0.304. The summed E-state index contributed by atoms with van der Waals surface area (Å²) in [6, 6.07) is 13.1. The Morgan fingerprint density at radius 3 is 2.45 bits per heavy atom. The second kappa shape index (κ2) is 7.91. The molecule has 0 bridgehead atoms. The van der Waals surface area contributed by atoms with E-state index in [-0.39, 0.29) is 29.9 Å². The number of nitrogens with one attached hydrogen (secondary N) is 1. The van der Waals surface area contributed by atoms with Gasteiger partial charge in [-0.05, 0) is 47.7 Å². The van der Waals surface area contributed by atoms with E-state index in [9.17, 15) is 9.59 Å². The van der Waals surface area contributed by atoms with Crippen molar-refractivity contribution in [1.29, 1.82) is 0 Å². The van der Waals surface area contributed by atoms with Crippen molar-refractivity contribution in [3.8, 4) is 11.5 Å². The van der Waals surface area contributed by atoms with Crippen LogP contribution in [-0.4, -0.2) is 25.9 Å². The van der Waals surface area contributed by atoms with Gasteiger partial charge in [-0.15, -0.1) is 0 Å². The molecule has 1 heterocycles. The predicted octanol–water partition coefficient (Wildman–Crippen LogP) is 4.36. The number of amides is 1. The number of benzene rings is 2. The van der Waals surface area contributed by atoms with Crippen LogP contribution in [0.4, 0.5) is 0 Å². The Morgan fingerprint density at radius 2 is 1.72 bits per heavy atom. The number of allylic oxidation sites excluding steroid dienone is 2. The topological polar surface area (TPSA) is 64.6 Å². The molecule has 0 aromatic heterocycles. The second-order valence-corrected chi connectivity index (χ2v) is 7.83. The van der Waals surface area contributed by atoms with Gasteiger partial charge in [0.2, 0.25) is 5.91 Å². The number of hydrogen-bond acceptors (Lipinski definition) is 4. The lowest BCUT2D eigenvalue weighted by atomic mass is 9.73. The monoisotopic (exact) mass is 411 g/mol. The molecule has 1 N–H and O–H groups in total. The number of ether oxygens (including phenoxy) is 2. The fourth-order valence-corrected chi connectivity index (χ4v) is 4.51. The third-order valence-electron chi connectivity index (χ3n) is 5.67. The highest BCUT2D eigenvalue weighted by Crippen LogP contribution is 2.44. The first kappa shape index (κ1) is 19.5. The lowest BCUT2D eigenvalue weighted by Gasteiger charge is -2.34. The SMILES string of the molecule is COc1ccc([C@H]2CC(=O)C3=C(C2)NC(=O)C[C@H]3c2cccc(Cl)c2)cc1OC. The fourth-order valence-electron chi connectivity index (χ4n) is 4.31. The van der Waals surface area contributed by atoms with Crippen LogP contribution in [0.1, 0.15) is 42.2 Å². The lowest BCUT2D eigenvalue weighted by Crippen LogP contribution is -2.38. The number of ketones is 1. The van der Waals surface area contributed by atoms with Crippen LogP contribution in [0.3, 0.4) is 0 Å². The maximum Gasteiger partial charge on any atom is 0.225 e. The number of methoxy groups -OCH3 is 2. The largest absolute Gasteiger partial charge is 0.493 e. The third-order valence-corrected chi connectivity index (χ3v) is 5.90. The average molecular weight is 412 g/mol. The molecule has 6 heteroatoms. The molecule has 2 aliphatic rings. The molecule has 2 aromatic rings. The second-order valence-electron chi connectivity index (χ2n) is 7.39.